The second kappa shape index (κ2) is 6.26. The highest BCUT2D eigenvalue weighted by atomic mass is 16.3. The summed E-state index contributed by atoms with van der Waals surface area (Å²) in [5.74, 6) is -0.703. The highest BCUT2D eigenvalue weighted by Crippen LogP contribution is 2.55. The van der Waals surface area contributed by atoms with Crippen LogP contribution in [0.5, 0.6) is 0 Å². The Labute approximate surface area is 183 Å². The van der Waals surface area contributed by atoms with Gasteiger partial charge in [0.05, 0.1) is 22.9 Å². The topological polar surface area (TPSA) is 95.7 Å². The molecule has 6 rings (SSSR count). The fourth-order valence-electron chi connectivity index (χ4n) is 5.70. The van der Waals surface area contributed by atoms with Crippen molar-refractivity contribution >= 4 is 28.4 Å². The van der Waals surface area contributed by atoms with E-state index in [0.29, 0.717) is 22.2 Å². The van der Waals surface area contributed by atoms with Gasteiger partial charge in [0.15, 0.2) is 0 Å². The number of amides is 2. The fourth-order valence-corrected chi connectivity index (χ4v) is 5.70. The predicted molar refractivity (Wildman–Crippen MR) is 117 cm³/mol. The molecule has 1 aromatic heterocycles. The number of carbonyl (C=O) groups is 2. The molecule has 3 aliphatic rings. The molecule has 32 heavy (non-hydrogen) atoms. The third kappa shape index (κ3) is 2.20. The van der Waals surface area contributed by atoms with E-state index in [1.54, 1.807) is 41.3 Å². The number of aromatic nitrogens is 2. The molecule has 0 bridgehead atoms. The molecule has 0 aliphatic carbocycles. The van der Waals surface area contributed by atoms with Crippen molar-refractivity contribution in [2.75, 3.05) is 4.90 Å². The molecular weight excluding hydrogens is 408 g/mol. The zero-order valence-corrected chi connectivity index (χ0v) is 17.7. The first kappa shape index (κ1) is 19.2. The van der Waals surface area contributed by atoms with E-state index in [2.05, 4.69) is 4.98 Å². The zero-order chi connectivity index (χ0) is 22.4. The third-order valence-electron chi connectivity index (χ3n) is 7.06. The number of carbonyl (C=O) groups excluding carboxylic acids is 2. The van der Waals surface area contributed by atoms with Crippen LogP contribution in [0.15, 0.2) is 59.7 Å². The molecule has 0 saturated carbocycles. The van der Waals surface area contributed by atoms with Crippen LogP contribution in [0.1, 0.15) is 31.9 Å². The number of hydrogen-bond acceptors (Lipinski definition) is 5. The lowest BCUT2D eigenvalue weighted by Crippen LogP contribution is -2.61. The van der Waals surface area contributed by atoms with Gasteiger partial charge in [-0.25, -0.2) is 4.98 Å². The normalized spacial score (nSPS) is 28.6. The average molecular weight is 430 g/mol. The molecule has 8 nitrogen and oxygen atoms in total. The first-order valence-corrected chi connectivity index (χ1v) is 10.8. The predicted octanol–water partition coefficient (Wildman–Crippen LogP) is 1.77. The second-order valence-electron chi connectivity index (χ2n) is 9.15. The fraction of sp³-hybridized carbons (Fsp3) is 0.333. The summed E-state index contributed by atoms with van der Waals surface area (Å²) in [6.07, 6.45) is 0.545. The van der Waals surface area contributed by atoms with E-state index < -0.39 is 23.9 Å². The minimum absolute atomic E-state index is 0.0153. The number of rotatable bonds is 2. The Balaban J connectivity index is 1.58. The van der Waals surface area contributed by atoms with Gasteiger partial charge in [0.1, 0.15) is 23.9 Å². The van der Waals surface area contributed by atoms with Gasteiger partial charge in [0.2, 0.25) is 5.91 Å². The summed E-state index contributed by atoms with van der Waals surface area (Å²) in [6, 6.07) is 12.5. The molecule has 2 saturated heterocycles. The van der Waals surface area contributed by atoms with E-state index in [4.69, 9.17) is 0 Å². The molecule has 0 radical (unpaired) electrons. The SMILES string of the molecule is CC(C)[C@H]1C(=O)N2c3ccccc3[C@]3(O)C[C@H](n4cnc5ccccc5c4=O)C(=O)N1[C@H]23. The summed E-state index contributed by atoms with van der Waals surface area (Å²) in [4.78, 5) is 48.0. The van der Waals surface area contributed by atoms with Crippen LogP contribution in [0.25, 0.3) is 10.9 Å². The van der Waals surface area contributed by atoms with E-state index in [1.165, 1.54) is 15.8 Å². The van der Waals surface area contributed by atoms with E-state index >= 15 is 0 Å². The van der Waals surface area contributed by atoms with Crippen LogP contribution in [-0.2, 0) is 15.2 Å². The number of benzene rings is 2. The van der Waals surface area contributed by atoms with Crippen LogP contribution in [0, 0.1) is 5.92 Å². The van der Waals surface area contributed by atoms with Crippen LogP contribution in [0.2, 0.25) is 0 Å². The van der Waals surface area contributed by atoms with Crippen molar-refractivity contribution in [3.63, 3.8) is 0 Å². The Hall–Kier alpha value is -3.52. The Morgan fingerprint density at radius 3 is 2.53 bits per heavy atom. The summed E-state index contributed by atoms with van der Waals surface area (Å²) in [5, 5.41) is 12.4. The van der Waals surface area contributed by atoms with Crippen molar-refractivity contribution in [2.45, 2.75) is 44.1 Å². The lowest BCUT2D eigenvalue weighted by atomic mass is 9.81. The maximum Gasteiger partial charge on any atom is 0.261 e. The van der Waals surface area contributed by atoms with Gasteiger partial charge < -0.3 is 10.0 Å². The Bertz CT molecular complexity index is 1370. The molecule has 2 fully saturated rings. The third-order valence-corrected chi connectivity index (χ3v) is 7.06. The average Bonchev–Trinajstić information content (AvgIpc) is 3.24. The van der Waals surface area contributed by atoms with Gasteiger partial charge in [0.25, 0.3) is 11.5 Å². The quantitative estimate of drug-likeness (QED) is 0.669. The molecule has 162 valence electrons. The van der Waals surface area contributed by atoms with E-state index in [1.807, 2.05) is 26.0 Å². The molecule has 4 heterocycles. The van der Waals surface area contributed by atoms with Gasteiger partial charge in [-0.2, -0.15) is 0 Å². The monoisotopic (exact) mass is 430 g/mol. The van der Waals surface area contributed by atoms with Crippen molar-refractivity contribution in [3.05, 3.63) is 70.8 Å². The van der Waals surface area contributed by atoms with Crippen molar-refractivity contribution < 1.29 is 14.7 Å². The summed E-state index contributed by atoms with van der Waals surface area (Å²) in [5.41, 5.74) is -0.0619. The van der Waals surface area contributed by atoms with Crippen LogP contribution < -0.4 is 10.5 Å². The van der Waals surface area contributed by atoms with Crippen molar-refractivity contribution in [2.24, 2.45) is 5.92 Å². The number of para-hydroxylation sites is 2. The first-order chi connectivity index (χ1) is 15.3. The molecule has 2 amide bonds. The maximum atomic E-state index is 13.8. The molecule has 0 spiro atoms. The lowest BCUT2D eigenvalue weighted by Gasteiger charge is -2.45. The number of aliphatic hydroxyl groups is 1. The molecule has 3 aliphatic heterocycles. The first-order valence-electron chi connectivity index (χ1n) is 10.8. The summed E-state index contributed by atoms with van der Waals surface area (Å²) >= 11 is 0. The summed E-state index contributed by atoms with van der Waals surface area (Å²) in [7, 11) is 0. The lowest BCUT2D eigenvalue weighted by molar-refractivity contribution is -0.160. The van der Waals surface area contributed by atoms with Crippen LogP contribution in [-0.4, -0.2) is 43.6 Å². The minimum Gasteiger partial charge on any atom is -0.381 e. The molecular formula is C24H22N4O4. The van der Waals surface area contributed by atoms with Gasteiger partial charge in [-0.1, -0.05) is 44.2 Å². The molecule has 0 unspecified atom stereocenters. The highest BCUT2D eigenvalue weighted by molar-refractivity contribution is 6.07. The zero-order valence-electron chi connectivity index (χ0n) is 17.7. The second-order valence-corrected chi connectivity index (χ2v) is 9.15. The molecule has 2 aromatic carbocycles. The maximum absolute atomic E-state index is 13.8. The molecule has 1 N–H and O–H groups in total. The van der Waals surface area contributed by atoms with Gasteiger partial charge in [-0.15, -0.1) is 0 Å². The minimum atomic E-state index is -1.49. The number of nitrogens with zero attached hydrogens (tertiary/aromatic N) is 4. The summed E-state index contributed by atoms with van der Waals surface area (Å²) in [6.45, 7) is 3.77. The van der Waals surface area contributed by atoms with Gasteiger partial charge >= 0.3 is 0 Å². The van der Waals surface area contributed by atoms with E-state index in [-0.39, 0.29) is 29.7 Å². The Morgan fingerprint density at radius 1 is 1.03 bits per heavy atom. The van der Waals surface area contributed by atoms with Crippen LogP contribution in [0.4, 0.5) is 5.69 Å². The van der Waals surface area contributed by atoms with Crippen molar-refractivity contribution in [3.8, 4) is 0 Å². The van der Waals surface area contributed by atoms with E-state index in [9.17, 15) is 19.5 Å². The smallest absolute Gasteiger partial charge is 0.261 e. The van der Waals surface area contributed by atoms with Gasteiger partial charge in [-0.05, 0) is 24.1 Å². The Kier molecular flexibility index (Phi) is 3.75. The van der Waals surface area contributed by atoms with Crippen LogP contribution in [0.3, 0.4) is 0 Å². The molecule has 3 aromatic rings. The van der Waals surface area contributed by atoms with Crippen LogP contribution >= 0.6 is 0 Å². The molecule has 4 atom stereocenters. The van der Waals surface area contributed by atoms with Gasteiger partial charge in [-0.3, -0.25) is 23.9 Å². The number of anilines is 1. The standard InChI is InChI=1S/C24H22N4O4/c1-13(2)19-22(31)27-17-10-6-4-8-15(17)24(32)11-18(21(30)28(19)23(24)27)26-12-25-16-9-5-3-7-14(16)20(26)29/h3-10,12-13,18-19,23,32H,11H2,1-2H3/t18-,19-,23-,24+/m0/s1. The molecule has 8 heteroatoms. The van der Waals surface area contributed by atoms with Crippen molar-refractivity contribution in [1.82, 2.24) is 14.5 Å². The number of fused-ring (bicyclic) bond motifs is 4. The van der Waals surface area contributed by atoms with Crippen molar-refractivity contribution in [1.29, 1.82) is 0 Å². The van der Waals surface area contributed by atoms with Gasteiger partial charge in [0, 0.05) is 12.0 Å². The highest BCUT2D eigenvalue weighted by Gasteiger charge is 2.67. The largest absolute Gasteiger partial charge is 0.381 e. The number of hydrogen-bond donors (Lipinski definition) is 1. The number of piperidine rings is 1. The summed E-state index contributed by atoms with van der Waals surface area (Å²) < 4.78 is 1.31. The Morgan fingerprint density at radius 2 is 1.75 bits per heavy atom. The van der Waals surface area contributed by atoms with E-state index in [0.717, 1.165) is 0 Å².